The van der Waals surface area contributed by atoms with Crippen LogP contribution in [0.4, 0.5) is 0 Å². The minimum atomic E-state index is -0.198. The molecule has 0 spiro atoms. The lowest BCUT2D eigenvalue weighted by Crippen LogP contribution is -2.36. The highest BCUT2D eigenvalue weighted by molar-refractivity contribution is 5.80. The average molecular weight is 381 g/mol. The molecular formula is C21H23N3O4. The topological polar surface area (TPSA) is 86.4 Å². The van der Waals surface area contributed by atoms with Crippen LogP contribution >= 0.6 is 0 Å². The van der Waals surface area contributed by atoms with Gasteiger partial charge >= 0.3 is 0 Å². The molecule has 146 valence electrons. The fourth-order valence-electron chi connectivity index (χ4n) is 3.50. The quantitative estimate of drug-likeness (QED) is 0.679. The van der Waals surface area contributed by atoms with E-state index in [0.717, 1.165) is 37.3 Å². The molecule has 2 aromatic heterocycles. The van der Waals surface area contributed by atoms with E-state index in [1.54, 1.807) is 29.0 Å². The van der Waals surface area contributed by atoms with Crippen molar-refractivity contribution in [3.05, 3.63) is 58.5 Å². The number of furan rings is 1. The van der Waals surface area contributed by atoms with Crippen LogP contribution < -0.4 is 15.6 Å². The van der Waals surface area contributed by atoms with E-state index in [-0.39, 0.29) is 24.1 Å². The van der Waals surface area contributed by atoms with Crippen molar-refractivity contribution < 1.29 is 13.9 Å². The van der Waals surface area contributed by atoms with Crippen LogP contribution in [0.3, 0.4) is 0 Å². The summed E-state index contributed by atoms with van der Waals surface area (Å²) < 4.78 is 12.6. The third kappa shape index (κ3) is 3.93. The summed E-state index contributed by atoms with van der Waals surface area (Å²) in [7, 11) is 0. The molecule has 0 aliphatic carbocycles. The summed E-state index contributed by atoms with van der Waals surface area (Å²) in [6.07, 6.45) is 4.97. The normalized spacial score (nSPS) is 14.0. The van der Waals surface area contributed by atoms with E-state index in [4.69, 9.17) is 9.15 Å². The number of benzene rings is 1. The number of aryl methyl sites for hydroxylation is 2. The van der Waals surface area contributed by atoms with Gasteiger partial charge in [0.25, 0.3) is 11.5 Å². The molecule has 1 unspecified atom stereocenters. The predicted molar refractivity (Wildman–Crippen MR) is 104 cm³/mol. The maximum atomic E-state index is 12.6. The fourth-order valence-corrected chi connectivity index (χ4v) is 3.50. The molecule has 4 rings (SSSR count). The highest BCUT2D eigenvalue weighted by atomic mass is 16.5. The van der Waals surface area contributed by atoms with Crippen LogP contribution in [0, 0.1) is 0 Å². The summed E-state index contributed by atoms with van der Waals surface area (Å²) in [5, 5.41) is 3.43. The van der Waals surface area contributed by atoms with E-state index in [0.29, 0.717) is 23.2 Å². The van der Waals surface area contributed by atoms with Gasteiger partial charge in [0, 0.05) is 25.4 Å². The average Bonchev–Trinajstić information content (AvgIpc) is 3.37. The summed E-state index contributed by atoms with van der Waals surface area (Å²) in [6.45, 7) is 2.56. The summed E-state index contributed by atoms with van der Waals surface area (Å²) in [6, 6.07) is 8.97. The zero-order chi connectivity index (χ0) is 19.5. The Bertz CT molecular complexity index is 1040. The van der Waals surface area contributed by atoms with Gasteiger partial charge in [0.15, 0.2) is 6.61 Å². The predicted octanol–water partition coefficient (Wildman–Crippen LogP) is 2.45. The molecular weight excluding hydrogens is 358 g/mol. The third-order valence-corrected chi connectivity index (χ3v) is 4.97. The molecule has 28 heavy (non-hydrogen) atoms. The van der Waals surface area contributed by atoms with E-state index in [9.17, 15) is 9.59 Å². The monoisotopic (exact) mass is 381 g/mol. The smallest absolute Gasteiger partial charge is 0.261 e. The van der Waals surface area contributed by atoms with Gasteiger partial charge in [-0.15, -0.1) is 0 Å². The second-order valence-electron chi connectivity index (χ2n) is 7.14. The van der Waals surface area contributed by atoms with Gasteiger partial charge in [-0.2, -0.15) is 0 Å². The summed E-state index contributed by atoms with van der Waals surface area (Å²) >= 11 is 0. The Morgan fingerprint density at radius 3 is 3.11 bits per heavy atom. The van der Waals surface area contributed by atoms with E-state index >= 15 is 0 Å². The Hall–Kier alpha value is -3.09. The SMILES string of the molecule is CC(CCc1ccco1)NC(=O)COc1ccc2nc3n(c(=O)c2c1)CCC3. The van der Waals surface area contributed by atoms with Crippen molar-refractivity contribution in [3.63, 3.8) is 0 Å². The minimum Gasteiger partial charge on any atom is -0.484 e. The number of rotatable bonds is 7. The van der Waals surface area contributed by atoms with Crippen LogP contribution in [0.15, 0.2) is 45.8 Å². The van der Waals surface area contributed by atoms with Crippen molar-refractivity contribution in [2.45, 2.75) is 45.2 Å². The van der Waals surface area contributed by atoms with Crippen molar-refractivity contribution in [2.75, 3.05) is 6.61 Å². The van der Waals surface area contributed by atoms with E-state index in [2.05, 4.69) is 10.3 Å². The number of aromatic nitrogens is 2. The minimum absolute atomic E-state index is 0.00855. The number of ether oxygens (including phenoxy) is 1. The van der Waals surface area contributed by atoms with Crippen molar-refractivity contribution >= 4 is 16.8 Å². The number of carbonyl (C=O) groups is 1. The van der Waals surface area contributed by atoms with Gasteiger partial charge in [0.2, 0.25) is 0 Å². The van der Waals surface area contributed by atoms with Crippen molar-refractivity contribution in [2.24, 2.45) is 0 Å². The first-order chi connectivity index (χ1) is 13.6. The summed E-state index contributed by atoms with van der Waals surface area (Å²) in [5.74, 6) is 2.04. The Kier molecular flexibility index (Phi) is 5.14. The Labute approximate surface area is 162 Å². The molecule has 0 saturated heterocycles. The first-order valence-electron chi connectivity index (χ1n) is 9.58. The third-order valence-electron chi connectivity index (χ3n) is 4.97. The molecule has 3 aromatic rings. The van der Waals surface area contributed by atoms with Gasteiger partial charge in [-0.3, -0.25) is 14.2 Å². The molecule has 0 radical (unpaired) electrons. The molecule has 3 heterocycles. The maximum absolute atomic E-state index is 12.6. The first kappa shape index (κ1) is 18.3. The number of hydrogen-bond acceptors (Lipinski definition) is 5. The van der Waals surface area contributed by atoms with E-state index < -0.39 is 0 Å². The van der Waals surface area contributed by atoms with Gasteiger partial charge in [0.1, 0.15) is 17.3 Å². The van der Waals surface area contributed by atoms with Crippen molar-refractivity contribution in [1.29, 1.82) is 0 Å². The Morgan fingerprint density at radius 2 is 2.29 bits per heavy atom. The zero-order valence-electron chi connectivity index (χ0n) is 15.8. The van der Waals surface area contributed by atoms with Crippen LogP contribution in [0.25, 0.3) is 10.9 Å². The number of nitrogens with zero attached hydrogens (tertiary/aromatic N) is 2. The molecule has 1 atom stereocenters. The van der Waals surface area contributed by atoms with Gasteiger partial charge in [-0.1, -0.05) is 0 Å². The molecule has 7 nitrogen and oxygen atoms in total. The maximum Gasteiger partial charge on any atom is 0.261 e. The van der Waals surface area contributed by atoms with E-state index in [1.165, 1.54) is 0 Å². The van der Waals surface area contributed by atoms with Gasteiger partial charge in [0.05, 0.1) is 17.2 Å². The highest BCUT2D eigenvalue weighted by Gasteiger charge is 2.16. The zero-order valence-corrected chi connectivity index (χ0v) is 15.8. The highest BCUT2D eigenvalue weighted by Crippen LogP contribution is 2.19. The summed E-state index contributed by atoms with van der Waals surface area (Å²) in [5.41, 5.74) is 0.625. The fraction of sp³-hybridized carbons (Fsp3) is 0.381. The second-order valence-corrected chi connectivity index (χ2v) is 7.14. The molecule has 0 fully saturated rings. The van der Waals surface area contributed by atoms with Crippen LogP contribution in [-0.2, 0) is 24.2 Å². The van der Waals surface area contributed by atoms with Crippen molar-refractivity contribution in [1.82, 2.24) is 14.9 Å². The molecule has 0 bridgehead atoms. The van der Waals surface area contributed by atoms with Gasteiger partial charge in [-0.25, -0.2) is 4.98 Å². The number of nitrogens with one attached hydrogen (secondary N) is 1. The largest absolute Gasteiger partial charge is 0.484 e. The van der Waals surface area contributed by atoms with Crippen LogP contribution in [0.2, 0.25) is 0 Å². The van der Waals surface area contributed by atoms with Gasteiger partial charge in [-0.05, 0) is 50.1 Å². The van der Waals surface area contributed by atoms with E-state index in [1.807, 2.05) is 19.1 Å². The lowest BCUT2D eigenvalue weighted by Gasteiger charge is -2.14. The molecule has 1 aliphatic rings. The lowest BCUT2D eigenvalue weighted by molar-refractivity contribution is -0.123. The van der Waals surface area contributed by atoms with Crippen LogP contribution in [0.5, 0.6) is 5.75 Å². The number of fused-ring (bicyclic) bond motifs is 2. The molecule has 0 saturated carbocycles. The van der Waals surface area contributed by atoms with Gasteiger partial charge < -0.3 is 14.5 Å². The standard InChI is InChI=1S/C21H23N3O4/c1-14(6-7-15-4-3-11-27-15)22-20(25)13-28-16-8-9-18-17(12-16)21(26)24-10-2-5-19(24)23-18/h3-4,8-9,11-12,14H,2,5-7,10,13H2,1H3,(H,22,25). The van der Waals surface area contributed by atoms with Crippen molar-refractivity contribution in [3.8, 4) is 5.75 Å². The lowest BCUT2D eigenvalue weighted by atomic mass is 10.1. The molecule has 1 amide bonds. The first-order valence-corrected chi connectivity index (χ1v) is 9.58. The molecule has 7 heteroatoms. The number of hydrogen-bond donors (Lipinski definition) is 1. The Balaban J connectivity index is 1.34. The molecule has 1 aromatic carbocycles. The Morgan fingerprint density at radius 1 is 1.39 bits per heavy atom. The summed E-state index contributed by atoms with van der Waals surface area (Å²) in [4.78, 5) is 29.3. The molecule has 1 N–H and O–H groups in total. The number of amides is 1. The van der Waals surface area contributed by atoms with Crippen LogP contribution in [-0.4, -0.2) is 28.1 Å². The van der Waals surface area contributed by atoms with Crippen LogP contribution in [0.1, 0.15) is 31.4 Å². The second kappa shape index (κ2) is 7.88. The number of carbonyl (C=O) groups excluding carboxylic acids is 1. The molecule has 1 aliphatic heterocycles.